The number of nitrogens with one attached hydrogen (secondary N) is 1. The fourth-order valence-electron chi connectivity index (χ4n) is 2.42. The topological polar surface area (TPSA) is 89.9 Å². The Morgan fingerprint density at radius 1 is 1.32 bits per heavy atom. The van der Waals surface area contributed by atoms with Crippen LogP contribution >= 0.6 is 0 Å². The van der Waals surface area contributed by atoms with E-state index in [2.05, 4.69) is 5.32 Å². The number of hydrogen-bond acceptors (Lipinski definition) is 3. The Morgan fingerprint density at radius 2 is 1.89 bits per heavy atom. The standard InChI is InChI=1S/C13H24N2O4/c1-9(2)7-15(10-5-3-4-6-10)13(19)14-11(8-16)12(17)18/h9-11,16H,3-8H2,1-2H3,(H,14,19)(H,17,18)/t11-/m0/s1. The largest absolute Gasteiger partial charge is 0.480 e. The molecule has 6 nitrogen and oxygen atoms in total. The Labute approximate surface area is 113 Å². The van der Waals surface area contributed by atoms with Gasteiger partial charge in [-0.1, -0.05) is 26.7 Å². The van der Waals surface area contributed by atoms with E-state index in [-0.39, 0.29) is 12.1 Å². The van der Waals surface area contributed by atoms with Crippen LogP contribution in [0.1, 0.15) is 39.5 Å². The summed E-state index contributed by atoms with van der Waals surface area (Å²) in [6.45, 7) is 4.06. The smallest absolute Gasteiger partial charge is 0.328 e. The summed E-state index contributed by atoms with van der Waals surface area (Å²) in [5.74, 6) is -0.893. The second-order valence-electron chi connectivity index (χ2n) is 5.51. The lowest BCUT2D eigenvalue weighted by atomic mass is 10.1. The molecule has 1 rings (SSSR count). The Balaban J connectivity index is 2.67. The van der Waals surface area contributed by atoms with Gasteiger partial charge in [-0.3, -0.25) is 0 Å². The molecule has 110 valence electrons. The lowest BCUT2D eigenvalue weighted by molar-refractivity contribution is -0.140. The van der Waals surface area contributed by atoms with E-state index in [1.807, 2.05) is 13.8 Å². The number of amides is 2. The van der Waals surface area contributed by atoms with Crippen LogP contribution in [0.25, 0.3) is 0 Å². The van der Waals surface area contributed by atoms with Gasteiger partial charge in [0.1, 0.15) is 0 Å². The molecule has 1 atom stereocenters. The number of aliphatic hydroxyl groups excluding tert-OH is 1. The number of aliphatic hydroxyl groups is 1. The zero-order valence-corrected chi connectivity index (χ0v) is 11.6. The minimum absolute atomic E-state index is 0.190. The highest BCUT2D eigenvalue weighted by Crippen LogP contribution is 2.24. The van der Waals surface area contributed by atoms with Crippen molar-refractivity contribution < 1.29 is 19.8 Å². The first-order valence-electron chi connectivity index (χ1n) is 6.86. The molecule has 0 aliphatic heterocycles. The van der Waals surface area contributed by atoms with E-state index in [1.165, 1.54) is 0 Å². The average Bonchev–Trinajstić information content (AvgIpc) is 2.85. The summed E-state index contributed by atoms with van der Waals surface area (Å²) in [4.78, 5) is 24.7. The highest BCUT2D eigenvalue weighted by Gasteiger charge is 2.29. The number of aliphatic carboxylic acids is 1. The van der Waals surface area contributed by atoms with Crippen LogP contribution in [0.3, 0.4) is 0 Å². The molecular formula is C13H24N2O4. The lowest BCUT2D eigenvalue weighted by Gasteiger charge is -2.31. The van der Waals surface area contributed by atoms with Crippen molar-refractivity contribution >= 4 is 12.0 Å². The van der Waals surface area contributed by atoms with Gasteiger partial charge in [0.05, 0.1) is 6.61 Å². The lowest BCUT2D eigenvalue weighted by Crippen LogP contribution is -2.53. The molecule has 3 N–H and O–H groups in total. The summed E-state index contributed by atoms with van der Waals surface area (Å²) in [6.07, 6.45) is 4.15. The second kappa shape index (κ2) is 7.33. The summed E-state index contributed by atoms with van der Waals surface area (Å²) < 4.78 is 0. The summed E-state index contributed by atoms with van der Waals surface area (Å²) >= 11 is 0. The Morgan fingerprint density at radius 3 is 2.32 bits per heavy atom. The van der Waals surface area contributed by atoms with Gasteiger partial charge in [0.2, 0.25) is 0 Å². The molecular weight excluding hydrogens is 248 g/mol. The Hall–Kier alpha value is -1.30. The fourth-order valence-corrected chi connectivity index (χ4v) is 2.42. The molecule has 1 fully saturated rings. The predicted molar refractivity (Wildman–Crippen MR) is 70.8 cm³/mol. The van der Waals surface area contributed by atoms with Crippen LogP contribution in [0.4, 0.5) is 4.79 Å². The maximum atomic E-state index is 12.2. The van der Waals surface area contributed by atoms with E-state index in [0.717, 1.165) is 25.7 Å². The molecule has 19 heavy (non-hydrogen) atoms. The highest BCUT2D eigenvalue weighted by molar-refractivity contribution is 5.82. The molecule has 1 aliphatic rings. The fraction of sp³-hybridized carbons (Fsp3) is 0.846. The van der Waals surface area contributed by atoms with Crippen LogP contribution in [0.2, 0.25) is 0 Å². The molecule has 0 aromatic heterocycles. The third-order valence-electron chi connectivity index (χ3n) is 3.37. The number of carbonyl (C=O) groups excluding carboxylic acids is 1. The van der Waals surface area contributed by atoms with Gasteiger partial charge in [-0.2, -0.15) is 0 Å². The van der Waals surface area contributed by atoms with E-state index in [1.54, 1.807) is 4.90 Å². The second-order valence-corrected chi connectivity index (χ2v) is 5.51. The van der Waals surface area contributed by atoms with Crippen molar-refractivity contribution in [1.82, 2.24) is 10.2 Å². The van der Waals surface area contributed by atoms with Gasteiger partial charge >= 0.3 is 12.0 Å². The molecule has 0 unspecified atom stereocenters. The van der Waals surface area contributed by atoms with Crippen molar-refractivity contribution in [2.45, 2.75) is 51.6 Å². The SMILES string of the molecule is CC(C)CN(C(=O)N[C@@H](CO)C(=O)O)C1CCCC1. The van der Waals surface area contributed by atoms with E-state index >= 15 is 0 Å². The van der Waals surface area contributed by atoms with E-state index < -0.39 is 18.6 Å². The molecule has 2 amide bonds. The molecule has 1 aliphatic carbocycles. The van der Waals surface area contributed by atoms with Gasteiger partial charge < -0.3 is 20.4 Å². The third-order valence-corrected chi connectivity index (χ3v) is 3.37. The van der Waals surface area contributed by atoms with Crippen LogP contribution in [0.15, 0.2) is 0 Å². The average molecular weight is 272 g/mol. The summed E-state index contributed by atoms with van der Waals surface area (Å²) in [5.41, 5.74) is 0. The van der Waals surface area contributed by atoms with Crippen LogP contribution in [0.5, 0.6) is 0 Å². The Kier molecular flexibility index (Phi) is 6.08. The number of rotatable bonds is 6. The number of nitrogens with zero attached hydrogens (tertiary/aromatic N) is 1. The van der Waals surface area contributed by atoms with Gasteiger partial charge in [0, 0.05) is 12.6 Å². The van der Waals surface area contributed by atoms with Crippen LogP contribution in [-0.2, 0) is 4.79 Å². The first-order valence-corrected chi connectivity index (χ1v) is 6.86. The minimum atomic E-state index is -1.23. The van der Waals surface area contributed by atoms with E-state index in [4.69, 9.17) is 10.2 Å². The van der Waals surface area contributed by atoms with Crippen molar-refractivity contribution in [3.63, 3.8) is 0 Å². The summed E-state index contributed by atoms with van der Waals surface area (Å²) in [7, 11) is 0. The molecule has 6 heteroatoms. The third kappa shape index (κ3) is 4.70. The van der Waals surface area contributed by atoms with Gasteiger partial charge in [-0.05, 0) is 18.8 Å². The number of hydrogen-bond donors (Lipinski definition) is 3. The molecule has 0 saturated heterocycles. The zero-order chi connectivity index (χ0) is 14.4. The first kappa shape index (κ1) is 15.8. The molecule has 0 spiro atoms. The summed E-state index contributed by atoms with van der Waals surface area (Å²) in [6, 6.07) is -1.43. The predicted octanol–water partition coefficient (Wildman–Crippen LogP) is 1.04. The molecule has 1 saturated carbocycles. The van der Waals surface area contributed by atoms with Gasteiger partial charge in [-0.15, -0.1) is 0 Å². The normalized spacial score (nSPS) is 17.5. The Bertz CT molecular complexity index is 314. The van der Waals surface area contributed by atoms with Gasteiger partial charge in [0.15, 0.2) is 6.04 Å². The number of carboxylic acid groups (broad SMARTS) is 1. The van der Waals surface area contributed by atoms with Crippen LogP contribution in [0, 0.1) is 5.92 Å². The number of carbonyl (C=O) groups is 2. The minimum Gasteiger partial charge on any atom is -0.480 e. The number of carboxylic acids is 1. The molecule has 0 aromatic carbocycles. The molecule has 0 aromatic rings. The maximum absolute atomic E-state index is 12.2. The number of urea groups is 1. The van der Waals surface area contributed by atoms with Crippen LogP contribution < -0.4 is 5.32 Å². The quantitative estimate of drug-likeness (QED) is 0.674. The van der Waals surface area contributed by atoms with Crippen LogP contribution in [-0.4, -0.2) is 52.3 Å². The van der Waals surface area contributed by atoms with E-state index in [9.17, 15) is 9.59 Å². The van der Waals surface area contributed by atoms with Crippen molar-refractivity contribution in [1.29, 1.82) is 0 Å². The molecule has 0 radical (unpaired) electrons. The molecule has 0 bridgehead atoms. The monoisotopic (exact) mass is 272 g/mol. The van der Waals surface area contributed by atoms with Gasteiger partial charge in [0.25, 0.3) is 0 Å². The molecule has 0 heterocycles. The van der Waals surface area contributed by atoms with Crippen molar-refractivity contribution in [3.05, 3.63) is 0 Å². The first-order chi connectivity index (χ1) is 8.95. The maximum Gasteiger partial charge on any atom is 0.328 e. The van der Waals surface area contributed by atoms with Gasteiger partial charge in [-0.25, -0.2) is 9.59 Å². The van der Waals surface area contributed by atoms with Crippen molar-refractivity contribution in [2.75, 3.05) is 13.2 Å². The van der Waals surface area contributed by atoms with Crippen molar-refractivity contribution in [2.24, 2.45) is 5.92 Å². The zero-order valence-electron chi connectivity index (χ0n) is 11.6. The highest BCUT2D eigenvalue weighted by atomic mass is 16.4. The summed E-state index contributed by atoms with van der Waals surface area (Å²) in [5, 5.41) is 20.2. The van der Waals surface area contributed by atoms with E-state index in [0.29, 0.717) is 12.5 Å². The van der Waals surface area contributed by atoms with Crippen molar-refractivity contribution in [3.8, 4) is 0 Å².